The van der Waals surface area contributed by atoms with Gasteiger partial charge in [-0.15, -0.1) is 0 Å². The number of hydrogen-bond acceptors (Lipinski definition) is 0. The summed E-state index contributed by atoms with van der Waals surface area (Å²) in [6.07, 6.45) is 21.9. The number of rotatable bonds is 2. The van der Waals surface area contributed by atoms with Gasteiger partial charge in [-0.2, -0.15) is 0 Å². The Balaban J connectivity index is 2.33. The van der Waals surface area contributed by atoms with Crippen LogP contribution in [0.4, 0.5) is 0 Å². The molecule has 0 spiro atoms. The maximum atomic E-state index is 2.34. The van der Waals surface area contributed by atoms with E-state index in [-0.39, 0.29) is 0 Å². The Bertz CT molecular complexity index is 915. The molecular weight excluding hydrogens is 300 g/mol. The molecule has 0 unspecified atom stereocenters. The Morgan fingerprint density at radius 2 is 1.56 bits per heavy atom. The molecule has 0 atom stereocenters. The summed E-state index contributed by atoms with van der Waals surface area (Å²) < 4.78 is 0. The van der Waals surface area contributed by atoms with Crippen LogP contribution in [0.15, 0.2) is 72.9 Å². The van der Waals surface area contributed by atoms with Gasteiger partial charge >= 0.3 is 0 Å². The first-order valence-corrected chi connectivity index (χ1v) is 9.07. The molecule has 0 bridgehead atoms. The average molecular weight is 326 g/mol. The van der Waals surface area contributed by atoms with Crippen molar-refractivity contribution in [2.45, 2.75) is 33.6 Å². The average Bonchev–Trinajstić information content (AvgIpc) is 2.64. The highest BCUT2D eigenvalue weighted by atomic mass is 14.2. The fourth-order valence-corrected chi connectivity index (χ4v) is 3.49. The molecule has 126 valence electrons. The quantitative estimate of drug-likeness (QED) is 0.541. The summed E-state index contributed by atoms with van der Waals surface area (Å²) in [6, 6.07) is 8.78. The zero-order chi connectivity index (χ0) is 17.6. The lowest BCUT2D eigenvalue weighted by molar-refractivity contribution is 1.33. The first-order chi connectivity index (χ1) is 12.2. The molecule has 2 aromatic carbocycles. The smallest absolute Gasteiger partial charge is 0.00333 e. The fraction of sp³-hybridized carbons (Fsp3) is 0.200. The van der Waals surface area contributed by atoms with Crippen molar-refractivity contribution in [1.82, 2.24) is 0 Å². The summed E-state index contributed by atoms with van der Waals surface area (Å²) >= 11 is 0. The Morgan fingerprint density at radius 1 is 0.840 bits per heavy atom. The van der Waals surface area contributed by atoms with Crippen LogP contribution in [0.5, 0.6) is 0 Å². The Kier molecular flexibility index (Phi) is 5.50. The highest BCUT2D eigenvalue weighted by Gasteiger charge is 2.14. The molecule has 0 saturated carbocycles. The van der Waals surface area contributed by atoms with Gasteiger partial charge in [-0.25, -0.2) is 0 Å². The summed E-state index contributed by atoms with van der Waals surface area (Å²) in [5, 5.41) is 2.69. The summed E-state index contributed by atoms with van der Waals surface area (Å²) in [7, 11) is 0. The summed E-state index contributed by atoms with van der Waals surface area (Å²) in [5.41, 5.74) is 6.75. The van der Waals surface area contributed by atoms with Crippen molar-refractivity contribution in [2.75, 3.05) is 0 Å². The third kappa shape index (κ3) is 3.58. The zero-order valence-corrected chi connectivity index (χ0v) is 15.4. The van der Waals surface area contributed by atoms with Crippen LogP contribution in [0.2, 0.25) is 0 Å². The van der Waals surface area contributed by atoms with Gasteiger partial charge in [-0.3, -0.25) is 0 Å². The molecule has 0 fully saturated rings. The molecule has 0 aromatic heterocycles. The van der Waals surface area contributed by atoms with Crippen molar-refractivity contribution >= 4 is 22.4 Å². The van der Waals surface area contributed by atoms with E-state index in [0.717, 1.165) is 12.8 Å². The van der Waals surface area contributed by atoms with E-state index in [1.807, 2.05) is 0 Å². The molecular formula is C25H26. The number of aryl methyl sites for hydroxylation is 1. The van der Waals surface area contributed by atoms with Crippen molar-refractivity contribution < 1.29 is 0 Å². The zero-order valence-electron chi connectivity index (χ0n) is 15.4. The van der Waals surface area contributed by atoms with Gasteiger partial charge in [0, 0.05) is 0 Å². The number of benzene rings is 2. The lowest BCUT2D eigenvalue weighted by atomic mass is 9.86. The van der Waals surface area contributed by atoms with E-state index in [9.17, 15) is 0 Å². The number of allylic oxidation sites excluding steroid dienone is 9. The largest absolute Gasteiger partial charge is 0.0870 e. The minimum Gasteiger partial charge on any atom is -0.0870 e. The normalized spacial score (nSPS) is 21.0. The van der Waals surface area contributed by atoms with Crippen LogP contribution in [0, 0.1) is 13.8 Å². The van der Waals surface area contributed by atoms with Gasteiger partial charge in [0.1, 0.15) is 0 Å². The van der Waals surface area contributed by atoms with E-state index in [2.05, 4.69) is 99.7 Å². The van der Waals surface area contributed by atoms with E-state index in [4.69, 9.17) is 0 Å². The maximum absolute atomic E-state index is 2.34. The summed E-state index contributed by atoms with van der Waals surface area (Å²) in [4.78, 5) is 0. The molecule has 3 rings (SSSR count). The Labute approximate surface area is 151 Å². The van der Waals surface area contributed by atoms with Crippen molar-refractivity contribution in [3.05, 3.63) is 95.1 Å². The molecule has 0 radical (unpaired) electrons. The predicted molar refractivity (Wildman–Crippen MR) is 113 cm³/mol. The Hall–Kier alpha value is -2.60. The van der Waals surface area contributed by atoms with Gasteiger partial charge in [-0.05, 0) is 72.2 Å². The first-order valence-electron chi connectivity index (χ1n) is 9.07. The molecule has 25 heavy (non-hydrogen) atoms. The van der Waals surface area contributed by atoms with Crippen molar-refractivity contribution in [3.8, 4) is 0 Å². The fourth-order valence-electron chi connectivity index (χ4n) is 3.49. The van der Waals surface area contributed by atoms with E-state index in [0.29, 0.717) is 0 Å². The molecule has 0 N–H and O–H groups in total. The van der Waals surface area contributed by atoms with Gasteiger partial charge in [-0.1, -0.05) is 78.9 Å². The molecule has 0 amide bonds. The van der Waals surface area contributed by atoms with Crippen LogP contribution < -0.4 is 0 Å². The van der Waals surface area contributed by atoms with Crippen LogP contribution in [0.1, 0.15) is 42.0 Å². The van der Waals surface area contributed by atoms with Crippen LogP contribution in [-0.4, -0.2) is 0 Å². The van der Waals surface area contributed by atoms with Crippen LogP contribution in [0.3, 0.4) is 0 Å². The monoisotopic (exact) mass is 326 g/mol. The second-order valence-electron chi connectivity index (χ2n) is 6.47. The van der Waals surface area contributed by atoms with Gasteiger partial charge in [0.25, 0.3) is 0 Å². The predicted octanol–water partition coefficient (Wildman–Crippen LogP) is 7.34. The highest BCUT2D eigenvalue weighted by Crippen LogP contribution is 2.36. The second-order valence-corrected chi connectivity index (χ2v) is 6.47. The second kappa shape index (κ2) is 7.98. The molecule has 0 heteroatoms. The number of hydrogen-bond donors (Lipinski definition) is 0. The van der Waals surface area contributed by atoms with E-state index >= 15 is 0 Å². The van der Waals surface area contributed by atoms with Crippen LogP contribution in [0.25, 0.3) is 22.4 Å². The molecule has 0 saturated heterocycles. The minimum absolute atomic E-state index is 0.945. The lowest BCUT2D eigenvalue weighted by Gasteiger charge is -2.18. The van der Waals surface area contributed by atoms with E-state index in [1.165, 1.54) is 38.6 Å². The van der Waals surface area contributed by atoms with Crippen molar-refractivity contribution in [3.63, 3.8) is 0 Å². The molecule has 1 aliphatic rings. The first kappa shape index (κ1) is 17.2. The standard InChI is InChI=1S/C25H26/c1-4-14-23-20(3)19(2)22-17-12-13-18-24(22)25(23)21-15-10-8-6-5-7-9-11-16-21/h4-8,11-18H,9-10H2,1-3H3/b7-5-,8-6-,14-4-,16-11-,21-15+. The molecule has 0 heterocycles. The van der Waals surface area contributed by atoms with E-state index < -0.39 is 0 Å². The van der Waals surface area contributed by atoms with E-state index in [1.54, 1.807) is 0 Å². The molecule has 0 aliphatic heterocycles. The van der Waals surface area contributed by atoms with Crippen molar-refractivity contribution in [1.29, 1.82) is 0 Å². The van der Waals surface area contributed by atoms with Gasteiger partial charge < -0.3 is 0 Å². The van der Waals surface area contributed by atoms with Crippen molar-refractivity contribution in [2.24, 2.45) is 0 Å². The van der Waals surface area contributed by atoms with Gasteiger partial charge in [0.05, 0.1) is 0 Å². The third-order valence-electron chi connectivity index (χ3n) is 4.88. The number of fused-ring (bicyclic) bond motifs is 1. The highest BCUT2D eigenvalue weighted by molar-refractivity contribution is 6.02. The minimum atomic E-state index is 0.945. The third-order valence-corrected chi connectivity index (χ3v) is 4.88. The SMILES string of the molecule is C/C=C\c1c(C)c(C)c2ccccc2c1C1=C/C/C=C\C=C/C/C=C\1. The topological polar surface area (TPSA) is 0 Å². The Morgan fingerprint density at radius 3 is 2.32 bits per heavy atom. The van der Waals surface area contributed by atoms with Gasteiger partial charge in [0.2, 0.25) is 0 Å². The summed E-state index contributed by atoms with van der Waals surface area (Å²) in [5.74, 6) is 0. The lowest BCUT2D eigenvalue weighted by Crippen LogP contribution is -1.97. The van der Waals surface area contributed by atoms with Gasteiger partial charge in [0.15, 0.2) is 0 Å². The molecule has 1 aliphatic carbocycles. The van der Waals surface area contributed by atoms with Crippen LogP contribution in [-0.2, 0) is 0 Å². The molecule has 0 nitrogen and oxygen atoms in total. The summed E-state index contributed by atoms with van der Waals surface area (Å²) in [6.45, 7) is 6.58. The maximum Gasteiger partial charge on any atom is -0.00333 e. The van der Waals surface area contributed by atoms with Crippen LogP contribution >= 0.6 is 0 Å². The molecule has 2 aromatic rings.